The largest absolute Gasteiger partial charge is 0.385 e. The summed E-state index contributed by atoms with van der Waals surface area (Å²) in [5, 5.41) is 3.53. The number of alkyl halides is 1. The molecule has 1 N–H and O–H groups in total. The first-order chi connectivity index (χ1) is 9.28. The van der Waals surface area contributed by atoms with Gasteiger partial charge in [-0.25, -0.2) is 0 Å². The minimum Gasteiger partial charge on any atom is -0.385 e. The third-order valence-electron chi connectivity index (χ3n) is 4.59. The van der Waals surface area contributed by atoms with Crippen LogP contribution in [0.3, 0.4) is 0 Å². The molecule has 19 heavy (non-hydrogen) atoms. The molecule has 2 aliphatic rings. The summed E-state index contributed by atoms with van der Waals surface area (Å²) in [5.41, 5.74) is 0.230. The van der Waals surface area contributed by atoms with Crippen LogP contribution < -0.4 is 5.32 Å². The number of hydrogen-bond acceptors (Lipinski definition) is 3. The van der Waals surface area contributed by atoms with Gasteiger partial charge >= 0.3 is 0 Å². The van der Waals surface area contributed by atoms with Crippen LogP contribution in [0, 0.1) is 0 Å². The van der Waals surface area contributed by atoms with E-state index in [1.54, 1.807) is 7.11 Å². The van der Waals surface area contributed by atoms with Crippen molar-refractivity contribution in [2.24, 2.45) is 0 Å². The van der Waals surface area contributed by atoms with E-state index in [1.807, 2.05) is 0 Å². The molecular formula is C15H28ClNO2. The van der Waals surface area contributed by atoms with Crippen molar-refractivity contribution in [1.82, 2.24) is 5.32 Å². The molecule has 0 aromatic heterocycles. The number of ether oxygens (including phenoxy) is 2. The summed E-state index contributed by atoms with van der Waals surface area (Å²) < 4.78 is 11.5. The number of methoxy groups -OCH3 is 1. The van der Waals surface area contributed by atoms with Gasteiger partial charge in [-0.05, 0) is 32.1 Å². The summed E-state index contributed by atoms with van der Waals surface area (Å²) in [4.78, 5) is 0. The second-order valence-electron chi connectivity index (χ2n) is 6.06. The maximum Gasteiger partial charge on any atom is 0.0708 e. The van der Waals surface area contributed by atoms with Crippen molar-refractivity contribution in [2.75, 3.05) is 26.1 Å². The van der Waals surface area contributed by atoms with Gasteiger partial charge in [0.15, 0.2) is 0 Å². The maximum atomic E-state index is 6.35. The van der Waals surface area contributed by atoms with Gasteiger partial charge in [0.2, 0.25) is 0 Å². The molecular weight excluding hydrogens is 262 g/mol. The molecule has 0 radical (unpaired) electrons. The Labute approximate surface area is 122 Å². The molecule has 112 valence electrons. The first-order valence-electron chi connectivity index (χ1n) is 7.74. The molecule has 1 spiro atoms. The van der Waals surface area contributed by atoms with E-state index in [0.717, 1.165) is 19.6 Å². The molecule has 1 aliphatic carbocycles. The molecule has 1 aliphatic heterocycles. The van der Waals surface area contributed by atoms with Crippen molar-refractivity contribution in [3.63, 3.8) is 0 Å². The highest BCUT2D eigenvalue weighted by molar-refractivity contribution is 6.18. The van der Waals surface area contributed by atoms with Crippen LogP contribution in [0.15, 0.2) is 0 Å². The Morgan fingerprint density at radius 1 is 1.32 bits per heavy atom. The van der Waals surface area contributed by atoms with Crippen molar-refractivity contribution in [2.45, 2.75) is 69.1 Å². The lowest BCUT2D eigenvalue weighted by Gasteiger charge is -2.33. The predicted octanol–water partition coefficient (Wildman–Crippen LogP) is 3.10. The second kappa shape index (κ2) is 7.82. The van der Waals surface area contributed by atoms with E-state index < -0.39 is 0 Å². The van der Waals surface area contributed by atoms with Crippen molar-refractivity contribution in [3.8, 4) is 0 Å². The fourth-order valence-corrected chi connectivity index (χ4v) is 3.66. The number of hydrogen-bond donors (Lipinski definition) is 1. The fourth-order valence-electron chi connectivity index (χ4n) is 3.40. The Morgan fingerprint density at radius 2 is 2.11 bits per heavy atom. The Morgan fingerprint density at radius 3 is 2.79 bits per heavy atom. The van der Waals surface area contributed by atoms with Crippen LogP contribution in [-0.2, 0) is 9.47 Å². The van der Waals surface area contributed by atoms with Crippen LogP contribution in [0.2, 0.25) is 0 Å². The van der Waals surface area contributed by atoms with Gasteiger partial charge in [-0.2, -0.15) is 0 Å². The Hall–Kier alpha value is 0.170. The molecule has 2 rings (SSSR count). The van der Waals surface area contributed by atoms with Crippen molar-refractivity contribution < 1.29 is 9.47 Å². The van der Waals surface area contributed by atoms with Crippen LogP contribution in [0.25, 0.3) is 0 Å². The quantitative estimate of drug-likeness (QED) is 0.731. The molecule has 0 amide bonds. The van der Waals surface area contributed by atoms with E-state index in [9.17, 15) is 0 Å². The first-order valence-corrected chi connectivity index (χ1v) is 8.27. The monoisotopic (exact) mass is 289 g/mol. The molecule has 2 fully saturated rings. The van der Waals surface area contributed by atoms with E-state index in [1.165, 1.54) is 44.9 Å². The third kappa shape index (κ3) is 4.59. The Bertz CT molecular complexity index is 257. The fraction of sp³-hybridized carbons (Fsp3) is 1.00. The molecule has 2 atom stereocenters. The minimum atomic E-state index is 0.230. The van der Waals surface area contributed by atoms with Gasteiger partial charge in [0.05, 0.1) is 11.7 Å². The van der Waals surface area contributed by atoms with Crippen LogP contribution in [0.4, 0.5) is 0 Å². The van der Waals surface area contributed by atoms with E-state index in [-0.39, 0.29) is 5.60 Å². The minimum absolute atomic E-state index is 0.230. The highest BCUT2D eigenvalue weighted by Gasteiger charge is 2.40. The zero-order valence-electron chi connectivity index (χ0n) is 12.1. The highest BCUT2D eigenvalue weighted by atomic mass is 35.5. The molecule has 3 nitrogen and oxygen atoms in total. The summed E-state index contributed by atoms with van der Waals surface area (Å²) in [7, 11) is 1.73. The lowest BCUT2D eigenvalue weighted by Crippen LogP contribution is -2.39. The Balaban J connectivity index is 1.69. The average molecular weight is 290 g/mol. The van der Waals surface area contributed by atoms with Gasteiger partial charge in [-0.15, -0.1) is 11.6 Å². The summed E-state index contributed by atoms with van der Waals surface area (Å²) in [6.45, 7) is 1.70. The summed E-state index contributed by atoms with van der Waals surface area (Å²) in [6.07, 6.45) is 10.4. The first kappa shape index (κ1) is 15.6. The smallest absolute Gasteiger partial charge is 0.0708 e. The average Bonchev–Trinajstić information content (AvgIpc) is 2.83. The van der Waals surface area contributed by atoms with E-state index >= 15 is 0 Å². The third-order valence-corrected chi connectivity index (χ3v) is 4.97. The van der Waals surface area contributed by atoms with Crippen molar-refractivity contribution in [3.05, 3.63) is 0 Å². The van der Waals surface area contributed by atoms with Gasteiger partial charge in [0.25, 0.3) is 0 Å². The van der Waals surface area contributed by atoms with Gasteiger partial charge < -0.3 is 14.8 Å². The standard InChI is InChI=1S/C15H28ClNO2/c1-18-10-6-13(11-16)17-12-14-5-9-15(19-14)7-3-2-4-8-15/h13-14,17H,2-12H2,1H3. The second-order valence-corrected chi connectivity index (χ2v) is 6.37. The molecule has 1 saturated heterocycles. The van der Waals surface area contributed by atoms with Crippen molar-refractivity contribution in [1.29, 1.82) is 0 Å². The maximum absolute atomic E-state index is 6.35. The zero-order chi connectivity index (χ0) is 13.6. The van der Waals surface area contributed by atoms with Gasteiger partial charge in [-0.1, -0.05) is 19.3 Å². The Kier molecular flexibility index (Phi) is 6.40. The van der Waals surface area contributed by atoms with Gasteiger partial charge in [-0.3, -0.25) is 0 Å². The molecule has 1 heterocycles. The van der Waals surface area contributed by atoms with Gasteiger partial charge in [0.1, 0.15) is 0 Å². The SMILES string of the molecule is COCCC(CCl)NCC1CCC2(CCCCC2)O1. The number of nitrogens with one attached hydrogen (secondary N) is 1. The van der Waals surface area contributed by atoms with E-state index in [0.29, 0.717) is 18.0 Å². The van der Waals surface area contributed by atoms with E-state index in [4.69, 9.17) is 21.1 Å². The van der Waals surface area contributed by atoms with Crippen molar-refractivity contribution >= 4 is 11.6 Å². The molecule has 0 bridgehead atoms. The molecule has 4 heteroatoms. The molecule has 2 unspecified atom stereocenters. The highest BCUT2D eigenvalue weighted by Crippen LogP contribution is 2.41. The van der Waals surface area contributed by atoms with E-state index in [2.05, 4.69) is 5.32 Å². The van der Waals surface area contributed by atoms with Gasteiger partial charge in [0, 0.05) is 32.2 Å². The molecule has 0 aromatic carbocycles. The zero-order valence-corrected chi connectivity index (χ0v) is 12.9. The molecule has 1 saturated carbocycles. The summed E-state index contributed by atoms with van der Waals surface area (Å²) in [6, 6.07) is 0.341. The molecule has 0 aromatic rings. The lowest BCUT2D eigenvalue weighted by molar-refractivity contribution is -0.0629. The number of halogens is 1. The van der Waals surface area contributed by atoms with Crippen LogP contribution in [0.5, 0.6) is 0 Å². The normalized spacial score (nSPS) is 27.8. The van der Waals surface area contributed by atoms with Crippen LogP contribution in [0.1, 0.15) is 51.4 Å². The predicted molar refractivity (Wildman–Crippen MR) is 78.9 cm³/mol. The van der Waals surface area contributed by atoms with Crippen LogP contribution in [-0.4, -0.2) is 43.9 Å². The number of rotatable bonds is 7. The summed E-state index contributed by atoms with van der Waals surface area (Å²) in [5.74, 6) is 0.640. The van der Waals surface area contributed by atoms with Crippen LogP contribution >= 0.6 is 11.6 Å². The summed E-state index contributed by atoms with van der Waals surface area (Å²) >= 11 is 5.97. The topological polar surface area (TPSA) is 30.5 Å². The lowest BCUT2D eigenvalue weighted by atomic mass is 9.83.